The molecule has 0 spiro atoms. The molecule has 2 aromatic carbocycles. The standard InChI is InChI=1S/C18H18O2S/c1-17(2,3)18(13-9-5-4-6-10-13)20-16(19)14-11-7-8-12-15(14)21-18/h4-12H,1-3H3. The van der Waals surface area contributed by atoms with Crippen molar-refractivity contribution in [1.82, 2.24) is 0 Å². The molecule has 0 radical (unpaired) electrons. The molecule has 3 rings (SSSR count). The van der Waals surface area contributed by atoms with E-state index in [1.165, 1.54) is 0 Å². The molecule has 0 aromatic heterocycles. The van der Waals surface area contributed by atoms with Crippen molar-refractivity contribution in [3.8, 4) is 0 Å². The molecule has 1 heterocycles. The molecule has 1 aliphatic rings. The molecule has 1 aliphatic heterocycles. The van der Waals surface area contributed by atoms with Crippen molar-refractivity contribution in [3.05, 3.63) is 65.7 Å². The Kier molecular flexibility index (Phi) is 3.33. The van der Waals surface area contributed by atoms with Crippen LogP contribution in [-0.2, 0) is 9.67 Å². The van der Waals surface area contributed by atoms with E-state index in [1.54, 1.807) is 11.8 Å². The van der Waals surface area contributed by atoms with Gasteiger partial charge in [-0.15, -0.1) is 0 Å². The monoisotopic (exact) mass is 298 g/mol. The SMILES string of the molecule is CC(C)(C)C1(c2ccccc2)OC(=O)c2ccccc2S1. The highest BCUT2D eigenvalue weighted by atomic mass is 32.2. The summed E-state index contributed by atoms with van der Waals surface area (Å²) in [6.07, 6.45) is 0. The van der Waals surface area contributed by atoms with Gasteiger partial charge in [0.1, 0.15) is 0 Å². The zero-order valence-corrected chi connectivity index (χ0v) is 13.2. The van der Waals surface area contributed by atoms with Gasteiger partial charge in [-0.2, -0.15) is 0 Å². The molecule has 1 atom stereocenters. The van der Waals surface area contributed by atoms with Gasteiger partial charge in [-0.05, 0) is 12.1 Å². The fraction of sp³-hybridized carbons (Fsp3) is 0.278. The highest BCUT2D eigenvalue weighted by Gasteiger charge is 2.51. The van der Waals surface area contributed by atoms with Crippen molar-refractivity contribution in [2.75, 3.05) is 0 Å². The van der Waals surface area contributed by atoms with E-state index < -0.39 is 4.93 Å². The maximum Gasteiger partial charge on any atom is 0.341 e. The molecule has 0 fully saturated rings. The maximum atomic E-state index is 12.5. The molecular weight excluding hydrogens is 280 g/mol. The number of carbonyl (C=O) groups excluding carboxylic acids is 1. The quantitative estimate of drug-likeness (QED) is 0.704. The number of fused-ring (bicyclic) bond motifs is 1. The number of rotatable bonds is 1. The lowest BCUT2D eigenvalue weighted by Gasteiger charge is -2.46. The summed E-state index contributed by atoms with van der Waals surface area (Å²) in [6, 6.07) is 17.6. The van der Waals surface area contributed by atoms with Crippen molar-refractivity contribution in [2.24, 2.45) is 5.41 Å². The minimum atomic E-state index is -0.709. The van der Waals surface area contributed by atoms with Crippen molar-refractivity contribution in [3.63, 3.8) is 0 Å². The third-order valence-corrected chi connectivity index (χ3v) is 5.53. The molecule has 1 unspecified atom stereocenters. The van der Waals surface area contributed by atoms with Crippen LogP contribution < -0.4 is 0 Å². The van der Waals surface area contributed by atoms with E-state index in [4.69, 9.17) is 4.74 Å². The second-order valence-electron chi connectivity index (χ2n) is 6.22. The van der Waals surface area contributed by atoms with Crippen LogP contribution in [0.5, 0.6) is 0 Å². The first-order valence-electron chi connectivity index (χ1n) is 7.01. The second kappa shape index (κ2) is 4.92. The van der Waals surface area contributed by atoms with Crippen LogP contribution in [0.4, 0.5) is 0 Å². The molecule has 2 nitrogen and oxygen atoms in total. The molecule has 21 heavy (non-hydrogen) atoms. The summed E-state index contributed by atoms with van der Waals surface area (Å²) < 4.78 is 5.97. The van der Waals surface area contributed by atoms with Gasteiger partial charge in [0.2, 0.25) is 0 Å². The summed E-state index contributed by atoms with van der Waals surface area (Å²) in [4.78, 5) is 12.8. The van der Waals surface area contributed by atoms with E-state index in [9.17, 15) is 4.79 Å². The van der Waals surface area contributed by atoms with Crippen molar-refractivity contribution in [1.29, 1.82) is 0 Å². The van der Waals surface area contributed by atoms with E-state index >= 15 is 0 Å². The zero-order chi connectivity index (χ0) is 15.1. The fourth-order valence-electron chi connectivity index (χ4n) is 2.60. The number of ether oxygens (including phenoxy) is 1. The summed E-state index contributed by atoms with van der Waals surface area (Å²) in [7, 11) is 0. The summed E-state index contributed by atoms with van der Waals surface area (Å²) in [5.41, 5.74) is 1.44. The number of hydrogen-bond donors (Lipinski definition) is 0. The Balaban J connectivity index is 2.19. The first-order chi connectivity index (χ1) is 9.94. The van der Waals surface area contributed by atoms with Crippen LogP contribution in [0, 0.1) is 5.41 Å². The highest BCUT2D eigenvalue weighted by molar-refractivity contribution is 8.00. The van der Waals surface area contributed by atoms with Crippen LogP contribution in [0.15, 0.2) is 59.5 Å². The van der Waals surface area contributed by atoms with Gasteiger partial charge < -0.3 is 4.74 Å². The van der Waals surface area contributed by atoms with Crippen LogP contribution in [0.25, 0.3) is 0 Å². The molecule has 0 saturated heterocycles. The van der Waals surface area contributed by atoms with Gasteiger partial charge in [0.25, 0.3) is 0 Å². The molecule has 108 valence electrons. The topological polar surface area (TPSA) is 26.3 Å². The molecule has 0 saturated carbocycles. The minimum absolute atomic E-state index is 0.234. The van der Waals surface area contributed by atoms with Gasteiger partial charge in [0.15, 0.2) is 4.93 Å². The van der Waals surface area contributed by atoms with Gasteiger partial charge in [0.05, 0.1) is 5.56 Å². The average molecular weight is 298 g/mol. The lowest BCUT2D eigenvalue weighted by atomic mass is 9.83. The first kappa shape index (κ1) is 14.2. The largest absolute Gasteiger partial charge is 0.439 e. The molecule has 0 aliphatic carbocycles. The van der Waals surface area contributed by atoms with Gasteiger partial charge in [-0.25, -0.2) is 4.79 Å². The predicted molar refractivity (Wildman–Crippen MR) is 85.3 cm³/mol. The number of thioether (sulfide) groups is 1. The zero-order valence-electron chi connectivity index (χ0n) is 12.4. The van der Waals surface area contributed by atoms with Crippen LogP contribution in [0.3, 0.4) is 0 Å². The Hall–Kier alpha value is -1.74. The van der Waals surface area contributed by atoms with Gasteiger partial charge in [0, 0.05) is 15.9 Å². The number of hydrogen-bond acceptors (Lipinski definition) is 3. The number of esters is 1. The second-order valence-corrected chi connectivity index (χ2v) is 7.44. The lowest BCUT2D eigenvalue weighted by molar-refractivity contribution is -0.0273. The summed E-state index contributed by atoms with van der Waals surface area (Å²) in [5, 5.41) is 0. The Morgan fingerprint density at radius 2 is 1.57 bits per heavy atom. The summed E-state index contributed by atoms with van der Waals surface area (Å²) in [5.74, 6) is -0.247. The molecule has 0 amide bonds. The van der Waals surface area contributed by atoms with Gasteiger partial charge in [-0.3, -0.25) is 0 Å². The Bertz CT molecular complexity index is 673. The summed E-state index contributed by atoms with van der Waals surface area (Å²) >= 11 is 1.63. The molecule has 2 aromatic rings. The van der Waals surface area contributed by atoms with Crippen molar-refractivity contribution >= 4 is 17.7 Å². The third kappa shape index (κ3) is 2.26. The predicted octanol–water partition coefficient (Wildman–Crippen LogP) is 4.85. The van der Waals surface area contributed by atoms with Crippen LogP contribution in [0.1, 0.15) is 36.7 Å². The smallest absolute Gasteiger partial charge is 0.341 e. The van der Waals surface area contributed by atoms with E-state index in [1.807, 2.05) is 54.6 Å². The number of benzene rings is 2. The first-order valence-corrected chi connectivity index (χ1v) is 7.83. The van der Waals surface area contributed by atoms with Crippen molar-refractivity contribution in [2.45, 2.75) is 30.6 Å². The fourth-order valence-corrected chi connectivity index (χ4v) is 4.00. The third-order valence-electron chi connectivity index (χ3n) is 3.74. The van der Waals surface area contributed by atoms with E-state index in [0.29, 0.717) is 5.56 Å². The molecule has 0 N–H and O–H groups in total. The van der Waals surface area contributed by atoms with Gasteiger partial charge in [-0.1, -0.05) is 75.0 Å². The van der Waals surface area contributed by atoms with Crippen LogP contribution in [0.2, 0.25) is 0 Å². The molecule has 3 heteroatoms. The normalized spacial score (nSPS) is 21.6. The Morgan fingerprint density at radius 3 is 2.24 bits per heavy atom. The molecular formula is C18H18O2S. The van der Waals surface area contributed by atoms with Crippen molar-refractivity contribution < 1.29 is 9.53 Å². The number of carbonyl (C=O) groups is 1. The highest BCUT2D eigenvalue weighted by Crippen LogP contribution is 2.57. The molecule has 0 bridgehead atoms. The average Bonchev–Trinajstić information content (AvgIpc) is 2.47. The van der Waals surface area contributed by atoms with Crippen LogP contribution in [-0.4, -0.2) is 5.97 Å². The Labute approximate surface area is 129 Å². The Morgan fingerprint density at radius 1 is 0.952 bits per heavy atom. The number of cyclic esters (lactones) is 1. The van der Waals surface area contributed by atoms with E-state index in [2.05, 4.69) is 20.8 Å². The lowest BCUT2D eigenvalue weighted by Crippen LogP contribution is -2.43. The minimum Gasteiger partial charge on any atom is -0.439 e. The van der Waals surface area contributed by atoms with E-state index in [-0.39, 0.29) is 11.4 Å². The summed E-state index contributed by atoms with van der Waals surface area (Å²) in [6.45, 7) is 6.32. The maximum absolute atomic E-state index is 12.5. The van der Waals surface area contributed by atoms with Crippen LogP contribution >= 0.6 is 11.8 Å². The van der Waals surface area contributed by atoms with E-state index in [0.717, 1.165) is 10.5 Å². The van der Waals surface area contributed by atoms with Gasteiger partial charge >= 0.3 is 5.97 Å².